The molecule has 1 N–H and O–H groups in total. The SMILES string of the molecule is Cc1sc2nc(SCc3ccccc3F)[nH]c(=O)c2c1-c1ccc(F)cc1. The zero-order valence-corrected chi connectivity index (χ0v) is 15.9. The van der Waals surface area contributed by atoms with E-state index in [2.05, 4.69) is 9.97 Å². The van der Waals surface area contributed by atoms with Gasteiger partial charge in [-0.05, 0) is 36.2 Å². The van der Waals surface area contributed by atoms with E-state index in [1.54, 1.807) is 30.3 Å². The van der Waals surface area contributed by atoms with Crippen LogP contribution in [0.1, 0.15) is 10.4 Å². The largest absolute Gasteiger partial charge is 0.301 e. The predicted molar refractivity (Wildman–Crippen MR) is 106 cm³/mol. The lowest BCUT2D eigenvalue weighted by Gasteiger charge is -2.04. The standard InChI is InChI=1S/C20H14F2N2OS2/c1-11-16(12-6-8-14(21)9-7-12)17-18(25)23-20(24-19(17)27-11)26-10-13-4-2-3-5-15(13)22/h2-9H,10H2,1H3,(H,23,24,25). The first kappa shape index (κ1) is 17.9. The van der Waals surface area contributed by atoms with Gasteiger partial charge >= 0.3 is 0 Å². The van der Waals surface area contributed by atoms with E-state index >= 15 is 0 Å². The van der Waals surface area contributed by atoms with Crippen molar-refractivity contribution in [2.75, 3.05) is 0 Å². The highest BCUT2D eigenvalue weighted by Gasteiger charge is 2.17. The molecule has 27 heavy (non-hydrogen) atoms. The molecule has 0 atom stereocenters. The Morgan fingerprint density at radius 1 is 1.11 bits per heavy atom. The summed E-state index contributed by atoms with van der Waals surface area (Å²) < 4.78 is 27.0. The lowest BCUT2D eigenvalue weighted by Crippen LogP contribution is -2.08. The third kappa shape index (κ3) is 3.52. The predicted octanol–water partition coefficient (Wildman–Crippen LogP) is 5.53. The minimum atomic E-state index is -0.324. The van der Waals surface area contributed by atoms with Crippen LogP contribution < -0.4 is 5.56 Å². The van der Waals surface area contributed by atoms with Gasteiger partial charge in [0, 0.05) is 16.2 Å². The van der Waals surface area contributed by atoms with Crippen molar-refractivity contribution < 1.29 is 8.78 Å². The number of benzene rings is 2. The van der Waals surface area contributed by atoms with Crippen molar-refractivity contribution in [1.82, 2.24) is 9.97 Å². The maximum atomic E-state index is 13.8. The second-order valence-corrected chi connectivity index (χ2v) is 8.14. The second-order valence-electron chi connectivity index (χ2n) is 5.97. The van der Waals surface area contributed by atoms with Crippen molar-refractivity contribution in [2.45, 2.75) is 17.8 Å². The van der Waals surface area contributed by atoms with Crippen LogP contribution >= 0.6 is 23.1 Å². The van der Waals surface area contributed by atoms with Gasteiger partial charge < -0.3 is 4.98 Å². The van der Waals surface area contributed by atoms with Crippen molar-refractivity contribution in [2.24, 2.45) is 0 Å². The van der Waals surface area contributed by atoms with Gasteiger partial charge in [-0.1, -0.05) is 42.1 Å². The van der Waals surface area contributed by atoms with Gasteiger partial charge in [-0.2, -0.15) is 0 Å². The second kappa shape index (κ2) is 7.25. The van der Waals surface area contributed by atoms with Crippen LogP contribution in [0.5, 0.6) is 0 Å². The van der Waals surface area contributed by atoms with Crippen molar-refractivity contribution >= 4 is 33.3 Å². The fourth-order valence-corrected chi connectivity index (χ4v) is 4.84. The maximum Gasteiger partial charge on any atom is 0.260 e. The molecule has 2 heterocycles. The van der Waals surface area contributed by atoms with E-state index in [1.807, 2.05) is 6.92 Å². The van der Waals surface area contributed by atoms with Crippen LogP contribution in [0, 0.1) is 18.6 Å². The van der Waals surface area contributed by atoms with Crippen molar-refractivity contribution in [3.63, 3.8) is 0 Å². The van der Waals surface area contributed by atoms with Gasteiger partial charge in [0.25, 0.3) is 5.56 Å². The van der Waals surface area contributed by atoms with E-state index in [0.717, 1.165) is 16.0 Å². The Kier molecular flexibility index (Phi) is 4.80. The summed E-state index contributed by atoms with van der Waals surface area (Å²) in [5.74, 6) is -0.232. The van der Waals surface area contributed by atoms with E-state index in [0.29, 0.717) is 26.7 Å². The Labute approximate surface area is 162 Å². The molecule has 136 valence electrons. The molecular weight excluding hydrogens is 386 g/mol. The molecule has 0 radical (unpaired) electrons. The lowest BCUT2D eigenvalue weighted by atomic mass is 10.0. The summed E-state index contributed by atoms with van der Waals surface area (Å²) in [6.45, 7) is 1.91. The minimum Gasteiger partial charge on any atom is -0.301 e. The summed E-state index contributed by atoms with van der Waals surface area (Å²) in [4.78, 5) is 21.6. The Hall–Kier alpha value is -2.51. The molecule has 4 aromatic rings. The number of rotatable bonds is 4. The highest BCUT2D eigenvalue weighted by molar-refractivity contribution is 7.98. The number of hydrogen-bond donors (Lipinski definition) is 1. The molecule has 0 aliphatic heterocycles. The number of fused-ring (bicyclic) bond motifs is 1. The normalized spacial score (nSPS) is 11.2. The van der Waals surface area contributed by atoms with Gasteiger partial charge in [-0.25, -0.2) is 13.8 Å². The number of halogens is 2. The Bertz CT molecular complexity index is 1180. The molecule has 7 heteroatoms. The number of aryl methyl sites for hydroxylation is 1. The Morgan fingerprint density at radius 2 is 1.85 bits per heavy atom. The molecule has 0 spiro atoms. The molecule has 4 rings (SSSR count). The first-order valence-corrected chi connectivity index (χ1v) is 9.98. The third-order valence-corrected chi connectivity index (χ3v) is 6.09. The van der Waals surface area contributed by atoms with Gasteiger partial charge in [-0.15, -0.1) is 11.3 Å². The van der Waals surface area contributed by atoms with Crippen LogP contribution in [0.25, 0.3) is 21.3 Å². The molecule has 2 aromatic heterocycles. The van der Waals surface area contributed by atoms with E-state index in [1.165, 1.54) is 41.3 Å². The topological polar surface area (TPSA) is 45.8 Å². The van der Waals surface area contributed by atoms with Crippen LogP contribution in [0.3, 0.4) is 0 Å². The molecule has 0 unspecified atom stereocenters. The zero-order chi connectivity index (χ0) is 19.0. The summed E-state index contributed by atoms with van der Waals surface area (Å²) in [5, 5.41) is 0.946. The summed E-state index contributed by atoms with van der Waals surface area (Å²) in [5.41, 5.74) is 1.85. The summed E-state index contributed by atoms with van der Waals surface area (Å²) >= 11 is 2.70. The van der Waals surface area contributed by atoms with Gasteiger partial charge in [0.2, 0.25) is 0 Å². The molecule has 0 saturated carbocycles. The number of nitrogens with zero attached hydrogens (tertiary/aromatic N) is 1. The fourth-order valence-electron chi connectivity index (χ4n) is 2.89. The van der Waals surface area contributed by atoms with E-state index < -0.39 is 0 Å². The molecule has 0 saturated heterocycles. The minimum absolute atomic E-state index is 0.250. The maximum absolute atomic E-state index is 13.8. The van der Waals surface area contributed by atoms with E-state index in [4.69, 9.17) is 0 Å². The first-order chi connectivity index (χ1) is 13.0. The zero-order valence-electron chi connectivity index (χ0n) is 14.3. The summed E-state index contributed by atoms with van der Waals surface area (Å²) in [6.07, 6.45) is 0. The number of H-pyrrole nitrogens is 1. The number of hydrogen-bond acceptors (Lipinski definition) is 4. The molecule has 2 aromatic carbocycles. The molecule has 0 aliphatic carbocycles. The van der Waals surface area contributed by atoms with Crippen LogP contribution in [-0.4, -0.2) is 9.97 Å². The molecule has 0 fully saturated rings. The van der Waals surface area contributed by atoms with E-state index in [-0.39, 0.29) is 17.2 Å². The fraction of sp³-hybridized carbons (Fsp3) is 0.100. The highest BCUT2D eigenvalue weighted by atomic mass is 32.2. The summed E-state index contributed by atoms with van der Waals surface area (Å²) in [6, 6.07) is 12.6. The molecule has 3 nitrogen and oxygen atoms in total. The number of thioether (sulfide) groups is 1. The molecule has 0 bridgehead atoms. The van der Waals surface area contributed by atoms with Crippen molar-refractivity contribution in [1.29, 1.82) is 0 Å². The third-order valence-electron chi connectivity index (χ3n) is 4.17. The van der Waals surface area contributed by atoms with Gasteiger partial charge in [0.1, 0.15) is 16.5 Å². The highest BCUT2D eigenvalue weighted by Crippen LogP contribution is 2.36. The molecule has 0 amide bonds. The molecule has 0 aliphatic rings. The van der Waals surface area contributed by atoms with Crippen LogP contribution in [0.15, 0.2) is 58.5 Å². The smallest absolute Gasteiger partial charge is 0.260 e. The number of aromatic nitrogens is 2. The Morgan fingerprint density at radius 3 is 2.59 bits per heavy atom. The van der Waals surface area contributed by atoms with E-state index in [9.17, 15) is 13.6 Å². The van der Waals surface area contributed by atoms with Gasteiger partial charge in [0.05, 0.1) is 5.39 Å². The average molecular weight is 400 g/mol. The average Bonchev–Trinajstić information content (AvgIpc) is 2.98. The monoisotopic (exact) mass is 400 g/mol. The van der Waals surface area contributed by atoms with Gasteiger partial charge in [0.15, 0.2) is 5.16 Å². The summed E-state index contributed by atoms with van der Waals surface area (Å²) in [7, 11) is 0. The molecular formula is C20H14F2N2OS2. The lowest BCUT2D eigenvalue weighted by molar-refractivity contribution is 0.617. The Balaban J connectivity index is 1.72. The van der Waals surface area contributed by atoms with Crippen molar-refractivity contribution in [3.05, 3.63) is 81.0 Å². The quantitative estimate of drug-likeness (QED) is 0.362. The number of nitrogens with one attached hydrogen (secondary N) is 1. The van der Waals surface area contributed by atoms with Gasteiger partial charge in [-0.3, -0.25) is 4.79 Å². The number of thiophene rings is 1. The van der Waals surface area contributed by atoms with Crippen LogP contribution in [0.2, 0.25) is 0 Å². The first-order valence-electron chi connectivity index (χ1n) is 8.18. The van der Waals surface area contributed by atoms with Crippen molar-refractivity contribution in [3.8, 4) is 11.1 Å². The number of aromatic amines is 1. The van der Waals surface area contributed by atoms with Crippen LogP contribution in [0.4, 0.5) is 8.78 Å². The van der Waals surface area contributed by atoms with Crippen LogP contribution in [-0.2, 0) is 5.75 Å².